The van der Waals surface area contributed by atoms with Gasteiger partial charge in [-0.05, 0) is 160 Å². The molecule has 8 rings (SSSR count). The number of aryl methyl sites for hydroxylation is 2. The molecule has 2 saturated heterocycles. The van der Waals surface area contributed by atoms with Crippen LogP contribution in [0.1, 0.15) is 79.4 Å². The van der Waals surface area contributed by atoms with Crippen LogP contribution in [0.2, 0.25) is 5.02 Å². The lowest BCUT2D eigenvalue weighted by Crippen LogP contribution is -2.47. The molecule has 0 unspecified atom stereocenters. The second-order valence-electron chi connectivity index (χ2n) is 18.0. The van der Waals surface area contributed by atoms with Crippen molar-refractivity contribution in [2.24, 2.45) is 5.41 Å². The highest BCUT2D eigenvalue weighted by atomic mass is 35.5. The predicted octanol–water partition coefficient (Wildman–Crippen LogP) is 9.21. The van der Waals surface area contributed by atoms with Crippen molar-refractivity contribution in [3.05, 3.63) is 112 Å². The van der Waals surface area contributed by atoms with Crippen LogP contribution >= 0.6 is 11.6 Å². The zero-order valence-corrected chi connectivity index (χ0v) is 37.0. The van der Waals surface area contributed by atoms with E-state index in [0.29, 0.717) is 17.5 Å². The van der Waals surface area contributed by atoms with E-state index in [2.05, 4.69) is 63.1 Å². The molecule has 0 bridgehead atoms. The molecule has 60 heavy (non-hydrogen) atoms. The third kappa shape index (κ3) is 9.97. The average molecular weight is 852 g/mol. The normalized spacial score (nSPS) is 19.1. The molecule has 0 atom stereocenters. The Hall–Kier alpha value is -4.55. The number of likely N-dealkylation sites (tertiary alicyclic amines) is 1. The molecular weight excluding hydrogens is 792 g/mol. The van der Waals surface area contributed by atoms with Gasteiger partial charge < -0.3 is 25.2 Å². The number of piperidine rings is 1. The number of ether oxygens (including phenoxy) is 1. The summed E-state index contributed by atoms with van der Waals surface area (Å²) in [5.41, 5.74) is 9.51. The number of fused-ring (bicyclic) bond motifs is 1. The van der Waals surface area contributed by atoms with Gasteiger partial charge in [-0.2, -0.15) is 0 Å². The van der Waals surface area contributed by atoms with E-state index in [-0.39, 0.29) is 15.9 Å². The van der Waals surface area contributed by atoms with Crippen LogP contribution in [0.4, 0.5) is 17.1 Å². The summed E-state index contributed by atoms with van der Waals surface area (Å²) >= 11 is 6.26. The van der Waals surface area contributed by atoms with E-state index in [1.165, 1.54) is 23.1 Å². The number of carbonyl (C=O) groups excluding carboxylic acids is 1. The fourth-order valence-electron chi connectivity index (χ4n) is 9.09. The number of nitrogens with one attached hydrogen (secondary N) is 3. The Morgan fingerprint density at radius 2 is 1.68 bits per heavy atom. The molecular formula is C48H59ClN6O4S. The summed E-state index contributed by atoms with van der Waals surface area (Å²) in [5, 5.41) is 7.78. The minimum atomic E-state index is -4.19. The smallest absolute Gasteiger partial charge is 0.268 e. The standard InChI is InChI=1S/C48H59ClN6O4S/c1-33-28-41(13-16-44(33)51-38-18-22-53(4)23-19-38)60(57,58)52-47(56)42-14-11-39(30-46(42)59-40-12-15-45-35(29-40)6-5-21-50-45)55-26-24-54(25-27-55)32-36-17-20-48(2,3)31-43(36)34-7-9-37(49)10-8-34/h7-16,28-30,38,50-51H,5-6,17-27,31-32H2,1-4H3,(H,52,56). The lowest BCUT2D eigenvalue weighted by Gasteiger charge is -2.39. The average Bonchev–Trinajstić information content (AvgIpc) is 3.23. The van der Waals surface area contributed by atoms with Crippen molar-refractivity contribution in [1.29, 1.82) is 0 Å². The molecule has 4 aromatic carbocycles. The third-order valence-electron chi connectivity index (χ3n) is 12.8. The molecule has 318 valence electrons. The van der Waals surface area contributed by atoms with E-state index in [1.807, 2.05) is 49.4 Å². The number of benzene rings is 4. The molecule has 10 nitrogen and oxygen atoms in total. The number of sulfonamides is 1. The number of halogens is 1. The van der Waals surface area contributed by atoms with Gasteiger partial charge in [0.2, 0.25) is 0 Å². The van der Waals surface area contributed by atoms with Crippen molar-refractivity contribution in [2.45, 2.75) is 76.7 Å². The van der Waals surface area contributed by atoms with E-state index in [1.54, 1.807) is 24.3 Å². The molecule has 3 aliphatic heterocycles. The summed E-state index contributed by atoms with van der Waals surface area (Å²) < 4.78 is 36.4. The quantitative estimate of drug-likeness (QED) is 0.136. The number of anilines is 3. The van der Waals surface area contributed by atoms with Crippen LogP contribution in [0.5, 0.6) is 11.5 Å². The molecule has 3 N–H and O–H groups in total. The third-order valence-corrected chi connectivity index (χ3v) is 14.4. The first-order chi connectivity index (χ1) is 28.8. The first-order valence-corrected chi connectivity index (χ1v) is 23.4. The van der Waals surface area contributed by atoms with Crippen LogP contribution in [0.3, 0.4) is 0 Å². The molecule has 0 radical (unpaired) electrons. The van der Waals surface area contributed by atoms with Gasteiger partial charge in [-0.1, -0.05) is 43.2 Å². The molecule has 0 saturated carbocycles. The zero-order chi connectivity index (χ0) is 42.0. The largest absolute Gasteiger partial charge is 0.456 e. The van der Waals surface area contributed by atoms with Gasteiger partial charge in [-0.25, -0.2) is 13.1 Å². The maximum absolute atomic E-state index is 14.0. The van der Waals surface area contributed by atoms with Crippen LogP contribution in [0.15, 0.2) is 89.3 Å². The van der Waals surface area contributed by atoms with Crippen molar-refractivity contribution < 1.29 is 17.9 Å². The Morgan fingerprint density at radius 3 is 2.43 bits per heavy atom. The molecule has 4 aromatic rings. The van der Waals surface area contributed by atoms with E-state index in [9.17, 15) is 13.2 Å². The number of hydrogen-bond donors (Lipinski definition) is 3. The van der Waals surface area contributed by atoms with Gasteiger partial charge >= 0.3 is 0 Å². The summed E-state index contributed by atoms with van der Waals surface area (Å²) in [6.07, 6.45) is 7.32. The van der Waals surface area contributed by atoms with E-state index >= 15 is 0 Å². The molecule has 0 spiro atoms. The number of carbonyl (C=O) groups is 1. The molecule has 1 aliphatic carbocycles. The highest BCUT2D eigenvalue weighted by Gasteiger charge is 2.30. The Balaban J connectivity index is 0.994. The molecule has 3 heterocycles. The lowest BCUT2D eigenvalue weighted by molar-refractivity contribution is 0.0979. The van der Waals surface area contributed by atoms with Crippen molar-refractivity contribution >= 4 is 50.2 Å². The SMILES string of the molecule is Cc1cc(S(=O)(=O)NC(=O)c2ccc(N3CCN(CC4=C(c5ccc(Cl)cc5)CC(C)(C)CC4)CC3)cc2Oc2ccc3c(c2)CCCN3)ccc1NC1CCN(C)CC1. The monoisotopic (exact) mass is 850 g/mol. The van der Waals surface area contributed by atoms with Crippen LogP contribution in [0, 0.1) is 12.3 Å². The molecule has 4 aliphatic rings. The van der Waals surface area contributed by atoms with Gasteiger partial charge in [0.05, 0.1) is 10.5 Å². The topological polar surface area (TPSA) is 106 Å². The van der Waals surface area contributed by atoms with Crippen molar-refractivity contribution in [2.75, 3.05) is 74.9 Å². The number of nitrogens with zero attached hydrogens (tertiary/aromatic N) is 3. The van der Waals surface area contributed by atoms with Gasteiger partial charge in [0.15, 0.2) is 0 Å². The van der Waals surface area contributed by atoms with Gasteiger partial charge in [0.1, 0.15) is 11.5 Å². The van der Waals surface area contributed by atoms with Crippen molar-refractivity contribution in [3.63, 3.8) is 0 Å². The fourth-order valence-corrected chi connectivity index (χ4v) is 10.3. The second-order valence-corrected chi connectivity index (χ2v) is 20.1. The summed E-state index contributed by atoms with van der Waals surface area (Å²) in [6.45, 7) is 13.9. The highest BCUT2D eigenvalue weighted by Crippen LogP contribution is 2.43. The maximum Gasteiger partial charge on any atom is 0.268 e. The summed E-state index contributed by atoms with van der Waals surface area (Å²) in [4.78, 5) is 21.2. The Bertz CT molecular complexity index is 2350. The fraction of sp³-hybridized carbons (Fsp3) is 0.438. The minimum Gasteiger partial charge on any atom is -0.456 e. The van der Waals surface area contributed by atoms with E-state index in [4.69, 9.17) is 16.3 Å². The summed E-state index contributed by atoms with van der Waals surface area (Å²) in [7, 11) is -2.06. The van der Waals surface area contributed by atoms with Gasteiger partial charge in [-0.3, -0.25) is 9.69 Å². The van der Waals surface area contributed by atoms with Crippen LogP contribution in [-0.2, 0) is 16.4 Å². The van der Waals surface area contributed by atoms with Gasteiger partial charge in [-0.15, -0.1) is 0 Å². The summed E-state index contributed by atoms with van der Waals surface area (Å²) in [6, 6.07) is 25.0. The number of hydrogen-bond acceptors (Lipinski definition) is 9. The van der Waals surface area contributed by atoms with Crippen LogP contribution < -0.4 is 25.0 Å². The Kier molecular flexibility index (Phi) is 12.5. The molecule has 1 amide bonds. The predicted molar refractivity (Wildman–Crippen MR) is 244 cm³/mol. The number of rotatable bonds is 11. The molecule has 12 heteroatoms. The molecule has 2 fully saturated rings. The van der Waals surface area contributed by atoms with Gasteiger partial charge in [0, 0.05) is 73.5 Å². The number of piperazine rings is 1. The van der Waals surface area contributed by atoms with E-state index < -0.39 is 15.9 Å². The first kappa shape index (κ1) is 42.2. The van der Waals surface area contributed by atoms with Crippen LogP contribution in [0.25, 0.3) is 5.57 Å². The highest BCUT2D eigenvalue weighted by molar-refractivity contribution is 7.90. The van der Waals surface area contributed by atoms with Crippen LogP contribution in [-0.4, -0.2) is 89.6 Å². The van der Waals surface area contributed by atoms with Gasteiger partial charge in [0.25, 0.3) is 15.9 Å². The Morgan fingerprint density at radius 1 is 0.917 bits per heavy atom. The maximum atomic E-state index is 14.0. The first-order valence-electron chi connectivity index (χ1n) is 21.5. The van der Waals surface area contributed by atoms with Crippen molar-refractivity contribution in [3.8, 4) is 11.5 Å². The Labute approximate surface area is 361 Å². The zero-order valence-electron chi connectivity index (χ0n) is 35.5. The minimum absolute atomic E-state index is 0.0365. The van der Waals surface area contributed by atoms with Crippen molar-refractivity contribution in [1.82, 2.24) is 14.5 Å². The molecule has 0 aromatic heterocycles. The summed E-state index contributed by atoms with van der Waals surface area (Å²) in [5.74, 6) is 0.162. The van der Waals surface area contributed by atoms with E-state index in [0.717, 1.165) is 124 Å². The number of amides is 1. The lowest BCUT2D eigenvalue weighted by atomic mass is 9.72. The number of allylic oxidation sites excluding steroid dienone is 1. The second kappa shape index (κ2) is 17.8.